The fourth-order valence-electron chi connectivity index (χ4n) is 2.37. The van der Waals surface area contributed by atoms with Gasteiger partial charge in [0.15, 0.2) is 0 Å². The standard InChI is InChI=1S/C17H14N4O3/c1-18-14-8-6-11(10-15(14)21(23)24)7-9-16-19-13-5-3-2-4-12(13)17(22)20-16/h2-10,18H,1H3,(H,19,20,22)/b9-7-. The predicted octanol–water partition coefficient (Wildman–Crippen LogP) is 3.04. The third kappa shape index (κ3) is 3.00. The zero-order valence-corrected chi connectivity index (χ0v) is 12.8. The Labute approximate surface area is 136 Å². The summed E-state index contributed by atoms with van der Waals surface area (Å²) in [7, 11) is 1.63. The second-order valence-electron chi connectivity index (χ2n) is 5.09. The normalized spacial score (nSPS) is 11.0. The number of nitro groups is 1. The molecule has 0 radical (unpaired) electrons. The monoisotopic (exact) mass is 322 g/mol. The van der Waals surface area contributed by atoms with Crippen molar-refractivity contribution in [1.29, 1.82) is 0 Å². The summed E-state index contributed by atoms with van der Waals surface area (Å²) in [4.78, 5) is 29.7. The van der Waals surface area contributed by atoms with E-state index in [1.54, 1.807) is 49.5 Å². The number of hydrogen-bond acceptors (Lipinski definition) is 5. The molecule has 0 amide bonds. The van der Waals surface area contributed by atoms with Crippen molar-refractivity contribution in [3.8, 4) is 0 Å². The quantitative estimate of drug-likeness (QED) is 0.568. The Bertz CT molecular complexity index is 1010. The van der Waals surface area contributed by atoms with Crippen molar-refractivity contribution in [3.63, 3.8) is 0 Å². The van der Waals surface area contributed by atoms with Gasteiger partial charge in [-0.15, -0.1) is 0 Å². The van der Waals surface area contributed by atoms with Crippen LogP contribution in [-0.4, -0.2) is 21.9 Å². The lowest BCUT2D eigenvalue weighted by molar-refractivity contribution is -0.383. The van der Waals surface area contributed by atoms with E-state index in [4.69, 9.17) is 0 Å². The molecule has 120 valence electrons. The Morgan fingerprint density at radius 2 is 2.00 bits per heavy atom. The van der Waals surface area contributed by atoms with E-state index in [1.165, 1.54) is 6.07 Å². The molecule has 3 rings (SSSR count). The highest BCUT2D eigenvalue weighted by Gasteiger charge is 2.12. The molecular weight excluding hydrogens is 308 g/mol. The van der Waals surface area contributed by atoms with Gasteiger partial charge in [0, 0.05) is 13.1 Å². The van der Waals surface area contributed by atoms with Gasteiger partial charge in [-0.3, -0.25) is 14.9 Å². The summed E-state index contributed by atoms with van der Waals surface area (Å²) in [6.45, 7) is 0. The Morgan fingerprint density at radius 1 is 1.21 bits per heavy atom. The van der Waals surface area contributed by atoms with E-state index in [1.807, 2.05) is 6.07 Å². The van der Waals surface area contributed by atoms with Crippen molar-refractivity contribution >= 4 is 34.4 Å². The second-order valence-corrected chi connectivity index (χ2v) is 5.09. The SMILES string of the molecule is CNc1ccc(/C=C\c2nc3ccccc3c(=O)[nH]2)cc1[N+](=O)[O-]. The third-order valence-corrected chi connectivity index (χ3v) is 3.55. The van der Waals surface area contributed by atoms with Crippen LogP contribution in [0.1, 0.15) is 11.4 Å². The first-order valence-electron chi connectivity index (χ1n) is 7.22. The molecule has 7 nitrogen and oxygen atoms in total. The molecule has 3 aromatic rings. The smallest absolute Gasteiger partial charge is 0.292 e. The largest absolute Gasteiger partial charge is 0.383 e. The van der Waals surface area contributed by atoms with Gasteiger partial charge in [-0.05, 0) is 29.8 Å². The lowest BCUT2D eigenvalue weighted by Crippen LogP contribution is -2.09. The number of benzene rings is 2. The molecule has 0 atom stereocenters. The van der Waals surface area contributed by atoms with Crippen molar-refractivity contribution in [2.24, 2.45) is 0 Å². The lowest BCUT2D eigenvalue weighted by Gasteiger charge is -2.03. The van der Waals surface area contributed by atoms with Gasteiger partial charge >= 0.3 is 0 Å². The predicted molar refractivity (Wildman–Crippen MR) is 93.9 cm³/mol. The van der Waals surface area contributed by atoms with Crippen LogP contribution in [-0.2, 0) is 0 Å². The maximum atomic E-state index is 12.0. The van der Waals surface area contributed by atoms with Crippen LogP contribution < -0.4 is 10.9 Å². The zero-order valence-electron chi connectivity index (χ0n) is 12.8. The van der Waals surface area contributed by atoms with Crippen LogP contribution in [0.5, 0.6) is 0 Å². The first kappa shape index (κ1) is 15.4. The van der Waals surface area contributed by atoms with Gasteiger partial charge in [-0.2, -0.15) is 0 Å². The van der Waals surface area contributed by atoms with E-state index in [2.05, 4.69) is 15.3 Å². The Hall–Kier alpha value is -3.48. The van der Waals surface area contributed by atoms with Crippen LogP contribution in [0.3, 0.4) is 0 Å². The van der Waals surface area contributed by atoms with Gasteiger partial charge in [0.2, 0.25) is 0 Å². The van der Waals surface area contributed by atoms with Gasteiger partial charge in [-0.25, -0.2) is 4.98 Å². The van der Waals surface area contributed by atoms with Crippen molar-refractivity contribution in [2.75, 3.05) is 12.4 Å². The summed E-state index contributed by atoms with van der Waals surface area (Å²) < 4.78 is 0. The number of para-hydroxylation sites is 1. The van der Waals surface area contributed by atoms with Gasteiger partial charge in [0.05, 0.1) is 15.8 Å². The summed E-state index contributed by atoms with van der Waals surface area (Å²) in [6.07, 6.45) is 3.28. The average Bonchev–Trinajstić information content (AvgIpc) is 2.59. The van der Waals surface area contributed by atoms with Crippen LogP contribution in [0.2, 0.25) is 0 Å². The summed E-state index contributed by atoms with van der Waals surface area (Å²) >= 11 is 0. The summed E-state index contributed by atoms with van der Waals surface area (Å²) in [5.74, 6) is 0.388. The van der Waals surface area contributed by atoms with Gasteiger partial charge < -0.3 is 10.3 Å². The molecule has 0 unspecified atom stereocenters. The first-order valence-corrected chi connectivity index (χ1v) is 7.22. The van der Waals surface area contributed by atoms with Crippen LogP contribution in [0.4, 0.5) is 11.4 Å². The van der Waals surface area contributed by atoms with E-state index in [0.29, 0.717) is 28.0 Å². The molecule has 7 heteroatoms. The summed E-state index contributed by atoms with van der Waals surface area (Å²) in [5, 5.41) is 14.4. The molecule has 0 spiro atoms. The fraction of sp³-hybridized carbons (Fsp3) is 0.0588. The number of nitrogens with zero attached hydrogens (tertiary/aromatic N) is 2. The highest BCUT2D eigenvalue weighted by Crippen LogP contribution is 2.25. The van der Waals surface area contributed by atoms with Gasteiger partial charge in [0.1, 0.15) is 11.5 Å². The topological polar surface area (TPSA) is 101 Å². The molecule has 0 saturated heterocycles. The Kier molecular flexibility index (Phi) is 4.07. The minimum absolute atomic E-state index is 0.0142. The number of fused-ring (bicyclic) bond motifs is 1. The number of rotatable bonds is 4. The number of anilines is 1. The van der Waals surface area contributed by atoms with E-state index >= 15 is 0 Å². The molecule has 0 aliphatic rings. The number of aromatic nitrogens is 2. The highest BCUT2D eigenvalue weighted by molar-refractivity contribution is 5.79. The number of H-pyrrole nitrogens is 1. The van der Waals surface area contributed by atoms with Crippen LogP contribution in [0, 0.1) is 10.1 Å². The van der Waals surface area contributed by atoms with Crippen LogP contribution in [0.15, 0.2) is 47.3 Å². The number of aromatic amines is 1. The van der Waals surface area contributed by atoms with Crippen molar-refractivity contribution in [3.05, 3.63) is 74.3 Å². The minimum Gasteiger partial charge on any atom is -0.383 e. The number of nitro benzene ring substituents is 1. The molecule has 0 fully saturated rings. The molecule has 24 heavy (non-hydrogen) atoms. The van der Waals surface area contributed by atoms with E-state index in [9.17, 15) is 14.9 Å². The maximum Gasteiger partial charge on any atom is 0.292 e. The molecule has 2 aromatic carbocycles. The lowest BCUT2D eigenvalue weighted by atomic mass is 10.1. The van der Waals surface area contributed by atoms with Crippen molar-refractivity contribution < 1.29 is 4.92 Å². The molecule has 1 heterocycles. The van der Waals surface area contributed by atoms with Crippen molar-refractivity contribution in [1.82, 2.24) is 9.97 Å². The van der Waals surface area contributed by atoms with Crippen LogP contribution >= 0.6 is 0 Å². The molecule has 0 bridgehead atoms. The zero-order chi connectivity index (χ0) is 17.1. The van der Waals surface area contributed by atoms with Crippen LogP contribution in [0.25, 0.3) is 23.1 Å². The summed E-state index contributed by atoms with van der Waals surface area (Å²) in [6, 6.07) is 11.9. The molecule has 0 saturated carbocycles. The third-order valence-electron chi connectivity index (χ3n) is 3.55. The van der Waals surface area contributed by atoms with E-state index in [-0.39, 0.29) is 11.2 Å². The second kappa shape index (κ2) is 6.33. The van der Waals surface area contributed by atoms with E-state index in [0.717, 1.165) is 0 Å². The van der Waals surface area contributed by atoms with Gasteiger partial charge in [0.25, 0.3) is 11.2 Å². The molecule has 1 aromatic heterocycles. The van der Waals surface area contributed by atoms with Gasteiger partial charge in [-0.1, -0.05) is 24.3 Å². The summed E-state index contributed by atoms with van der Waals surface area (Å²) in [5.41, 5.74) is 1.43. The average molecular weight is 322 g/mol. The molecule has 0 aliphatic carbocycles. The van der Waals surface area contributed by atoms with E-state index < -0.39 is 4.92 Å². The van der Waals surface area contributed by atoms with Crippen molar-refractivity contribution in [2.45, 2.75) is 0 Å². The highest BCUT2D eigenvalue weighted by atomic mass is 16.6. The number of hydrogen-bond donors (Lipinski definition) is 2. The minimum atomic E-state index is -0.445. The fourth-order valence-corrected chi connectivity index (χ4v) is 2.37. The first-order chi connectivity index (χ1) is 11.6. The maximum absolute atomic E-state index is 12.0. The Morgan fingerprint density at radius 3 is 2.75 bits per heavy atom. The molecule has 0 aliphatic heterocycles. The Balaban J connectivity index is 1.98. The number of nitrogens with one attached hydrogen (secondary N) is 2. The molecular formula is C17H14N4O3. The molecule has 2 N–H and O–H groups in total.